The van der Waals surface area contributed by atoms with E-state index < -0.39 is 0 Å². The van der Waals surface area contributed by atoms with Gasteiger partial charge in [-0.1, -0.05) is 11.6 Å². The largest absolute Gasteiger partial charge is 0.321 e. The highest BCUT2D eigenvalue weighted by atomic mass is 127. The molecular weight excluding hydrogens is 379 g/mol. The summed E-state index contributed by atoms with van der Waals surface area (Å²) in [5.74, 6) is -0.321. The molecule has 0 aliphatic carbocycles. The maximum absolute atomic E-state index is 12.0. The van der Waals surface area contributed by atoms with Crippen molar-refractivity contribution in [3.8, 4) is 0 Å². The Morgan fingerprint density at radius 3 is 2.68 bits per heavy atom. The van der Waals surface area contributed by atoms with Crippen LogP contribution in [0.3, 0.4) is 0 Å². The molecule has 4 nitrogen and oxygen atoms in total. The number of amides is 1. The zero-order valence-corrected chi connectivity index (χ0v) is 12.9. The maximum atomic E-state index is 12.0. The molecule has 6 heteroatoms. The fraction of sp³-hybridized carbons (Fsp3) is 0.0769. The molecule has 19 heavy (non-hydrogen) atoms. The van der Waals surface area contributed by atoms with E-state index in [9.17, 15) is 9.59 Å². The zero-order valence-electron chi connectivity index (χ0n) is 9.98. The first-order valence-electron chi connectivity index (χ1n) is 5.40. The number of carbonyl (C=O) groups is 1. The lowest BCUT2D eigenvalue weighted by molar-refractivity contribution is 0.102. The Kier molecular flexibility index (Phi) is 4.26. The molecule has 1 N–H and O–H groups in total. The SMILES string of the molecule is Cn1ccc(C(=O)Nc2ccc(Cl)cc2I)cc1=O. The van der Waals surface area contributed by atoms with E-state index in [0.717, 1.165) is 3.57 Å². The second-order valence-corrected chi connectivity index (χ2v) is 5.54. The Morgan fingerprint density at radius 1 is 1.32 bits per heavy atom. The van der Waals surface area contributed by atoms with Crippen LogP contribution in [0.5, 0.6) is 0 Å². The van der Waals surface area contributed by atoms with Gasteiger partial charge in [0.25, 0.3) is 11.5 Å². The van der Waals surface area contributed by atoms with E-state index >= 15 is 0 Å². The van der Waals surface area contributed by atoms with E-state index in [0.29, 0.717) is 16.3 Å². The van der Waals surface area contributed by atoms with Crippen molar-refractivity contribution in [2.24, 2.45) is 7.05 Å². The molecule has 1 aromatic heterocycles. The van der Waals surface area contributed by atoms with Gasteiger partial charge in [0, 0.05) is 33.5 Å². The van der Waals surface area contributed by atoms with Crippen LogP contribution in [0, 0.1) is 3.57 Å². The molecule has 2 aromatic rings. The first-order chi connectivity index (χ1) is 8.97. The summed E-state index contributed by atoms with van der Waals surface area (Å²) in [6.07, 6.45) is 1.56. The number of aromatic nitrogens is 1. The van der Waals surface area contributed by atoms with Crippen LogP contribution in [0.15, 0.2) is 41.3 Å². The molecule has 1 aromatic carbocycles. The second kappa shape index (κ2) is 5.75. The number of nitrogens with one attached hydrogen (secondary N) is 1. The summed E-state index contributed by atoms with van der Waals surface area (Å²) in [7, 11) is 1.63. The van der Waals surface area contributed by atoms with Crippen molar-refractivity contribution >= 4 is 45.8 Å². The first kappa shape index (κ1) is 14.1. The van der Waals surface area contributed by atoms with E-state index in [1.807, 2.05) is 0 Å². The quantitative estimate of drug-likeness (QED) is 0.804. The van der Waals surface area contributed by atoms with Crippen LogP contribution in [-0.2, 0) is 7.05 Å². The molecular formula is C13H10ClIN2O2. The van der Waals surface area contributed by atoms with Gasteiger partial charge in [0.05, 0.1) is 5.69 Å². The van der Waals surface area contributed by atoms with Gasteiger partial charge in [-0.15, -0.1) is 0 Å². The Labute approximate surface area is 128 Å². The minimum atomic E-state index is -0.321. The number of carbonyl (C=O) groups excluding carboxylic acids is 1. The fourth-order valence-corrected chi connectivity index (χ4v) is 2.48. The number of hydrogen-bond donors (Lipinski definition) is 1. The monoisotopic (exact) mass is 388 g/mol. The number of halogens is 2. The molecule has 0 bridgehead atoms. The summed E-state index contributed by atoms with van der Waals surface area (Å²) in [5, 5.41) is 3.35. The van der Waals surface area contributed by atoms with Gasteiger partial charge in [-0.25, -0.2) is 0 Å². The summed E-state index contributed by atoms with van der Waals surface area (Å²) < 4.78 is 2.24. The van der Waals surface area contributed by atoms with Crippen LogP contribution in [0.25, 0.3) is 0 Å². The Balaban J connectivity index is 2.25. The molecule has 0 saturated carbocycles. The lowest BCUT2D eigenvalue weighted by atomic mass is 10.2. The van der Waals surface area contributed by atoms with Gasteiger partial charge in [-0.3, -0.25) is 9.59 Å². The predicted octanol–water partition coefficient (Wildman–Crippen LogP) is 2.90. The summed E-state index contributed by atoms with van der Waals surface area (Å²) in [5.41, 5.74) is 0.767. The van der Waals surface area contributed by atoms with Crippen molar-refractivity contribution in [2.75, 3.05) is 5.32 Å². The average molecular weight is 389 g/mol. The van der Waals surface area contributed by atoms with Crippen LogP contribution in [0.1, 0.15) is 10.4 Å². The normalized spacial score (nSPS) is 10.3. The van der Waals surface area contributed by atoms with Crippen molar-refractivity contribution in [1.82, 2.24) is 4.57 Å². The number of pyridine rings is 1. The smallest absolute Gasteiger partial charge is 0.255 e. The summed E-state index contributed by atoms with van der Waals surface area (Å²) in [4.78, 5) is 23.5. The molecule has 0 radical (unpaired) electrons. The first-order valence-corrected chi connectivity index (χ1v) is 6.86. The van der Waals surface area contributed by atoms with E-state index in [4.69, 9.17) is 11.6 Å². The number of rotatable bonds is 2. The van der Waals surface area contributed by atoms with Gasteiger partial charge >= 0.3 is 0 Å². The van der Waals surface area contributed by atoms with Gasteiger partial charge < -0.3 is 9.88 Å². The molecule has 0 aliphatic rings. The summed E-state index contributed by atoms with van der Waals surface area (Å²) >= 11 is 7.93. The second-order valence-electron chi connectivity index (χ2n) is 3.94. The van der Waals surface area contributed by atoms with Crippen LogP contribution in [0.4, 0.5) is 5.69 Å². The summed E-state index contributed by atoms with van der Waals surface area (Å²) in [6.45, 7) is 0. The third-order valence-corrected chi connectivity index (χ3v) is 3.67. The molecule has 1 amide bonds. The molecule has 2 rings (SSSR count). The third-order valence-electron chi connectivity index (χ3n) is 2.55. The number of hydrogen-bond acceptors (Lipinski definition) is 2. The lowest BCUT2D eigenvalue weighted by Crippen LogP contribution is -2.20. The Hall–Kier alpha value is -1.34. The highest BCUT2D eigenvalue weighted by Gasteiger charge is 2.09. The van der Waals surface area contributed by atoms with Crippen molar-refractivity contribution in [2.45, 2.75) is 0 Å². The summed E-state index contributed by atoms with van der Waals surface area (Å²) in [6, 6.07) is 8.08. The molecule has 0 aliphatic heterocycles. The topological polar surface area (TPSA) is 51.1 Å². The average Bonchev–Trinajstić information content (AvgIpc) is 2.36. The van der Waals surface area contributed by atoms with Crippen LogP contribution >= 0.6 is 34.2 Å². The number of benzene rings is 1. The molecule has 0 spiro atoms. The van der Waals surface area contributed by atoms with E-state index in [-0.39, 0.29) is 11.5 Å². The Morgan fingerprint density at radius 2 is 2.05 bits per heavy atom. The standard InChI is InChI=1S/C13H10ClIN2O2/c1-17-5-4-8(6-12(17)18)13(19)16-11-3-2-9(14)7-10(11)15/h2-7H,1H3,(H,16,19). The molecule has 98 valence electrons. The van der Waals surface area contributed by atoms with Crippen molar-refractivity contribution < 1.29 is 4.79 Å². The minimum Gasteiger partial charge on any atom is -0.321 e. The van der Waals surface area contributed by atoms with Gasteiger partial charge in [0.15, 0.2) is 0 Å². The molecule has 0 atom stereocenters. The number of anilines is 1. The van der Waals surface area contributed by atoms with Crippen molar-refractivity contribution in [3.05, 3.63) is 61.0 Å². The highest BCUT2D eigenvalue weighted by molar-refractivity contribution is 14.1. The maximum Gasteiger partial charge on any atom is 0.255 e. The van der Waals surface area contributed by atoms with Gasteiger partial charge in [-0.05, 0) is 46.9 Å². The van der Waals surface area contributed by atoms with Crippen LogP contribution < -0.4 is 10.9 Å². The molecule has 0 unspecified atom stereocenters. The lowest BCUT2D eigenvalue weighted by Gasteiger charge is -2.08. The third kappa shape index (κ3) is 3.36. The van der Waals surface area contributed by atoms with E-state index in [1.54, 1.807) is 37.5 Å². The Bertz CT molecular complexity index is 697. The molecule has 0 fully saturated rings. The number of aryl methyl sites for hydroxylation is 1. The van der Waals surface area contributed by atoms with Gasteiger partial charge in [-0.2, -0.15) is 0 Å². The highest BCUT2D eigenvalue weighted by Crippen LogP contribution is 2.22. The van der Waals surface area contributed by atoms with Gasteiger partial charge in [0.1, 0.15) is 0 Å². The number of nitrogens with zero attached hydrogens (tertiary/aromatic N) is 1. The van der Waals surface area contributed by atoms with Crippen LogP contribution in [-0.4, -0.2) is 10.5 Å². The minimum absolute atomic E-state index is 0.224. The fourth-order valence-electron chi connectivity index (χ4n) is 1.48. The van der Waals surface area contributed by atoms with Gasteiger partial charge in [0.2, 0.25) is 0 Å². The van der Waals surface area contributed by atoms with Crippen molar-refractivity contribution in [3.63, 3.8) is 0 Å². The molecule has 0 saturated heterocycles. The molecule has 1 heterocycles. The van der Waals surface area contributed by atoms with E-state index in [1.165, 1.54) is 10.6 Å². The zero-order chi connectivity index (χ0) is 14.0. The van der Waals surface area contributed by atoms with E-state index in [2.05, 4.69) is 27.9 Å². The van der Waals surface area contributed by atoms with Crippen molar-refractivity contribution in [1.29, 1.82) is 0 Å². The predicted molar refractivity (Wildman–Crippen MR) is 83.8 cm³/mol. The van der Waals surface area contributed by atoms with Crippen LogP contribution in [0.2, 0.25) is 5.02 Å².